The van der Waals surface area contributed by atoms with E-state index in [2.05, 4.69) is 48.0 Å². The fraction of sp³-hybridized carbons (Fsp3) is 0.611. The topological polar surface area (TPSA) is 71.3 Å². The van der Waals surface area contributed by atoms with Crippen LogP contribution in [-0.2, 0) is 16.0 Å². The van der Waals surface area contributed by atoms with Crippen LogP contribution in [0.1, 0.15) is 45.3 Å². The lowest BCUT2D eigenvalue weighted by atomic mass is 9.94. The smallest absolute Gasteiger partial charge is 0.230 e. The van der Waals surface area contributed by atoms with Crippen molar-refractivity contribution in [3.63, 3.8) is 0 Å². The molecule has 6 nitrogen and oxygen atoms in total. The quantitative estimate of drug-likeness (QED) is 0.773. The van der Waals surface area contributed by atoms with Gasteiger partial charge in [0, 0.05) is 12.0 Å². The van der Waals surface area contributed by atoms with Crippen LogP contribution in [0, 0.1) is 5.92 Å². The average Bonchev–Trinajstić information content (AvgIpc) is 3.21. The number of carbonyl (C=O) groups excluding carboxylic acids is 1. The van der Waals surface area contributed by atoms with E-state index in [1.807, 2.05) is 0 Å². The molecule has 1 saturated heterocycles. The molecular weight excluding hydrogens is 368 g/mol. The van der Waals surface area contributed by atoms with Crippen molar-refractivity contribution in [2.75, 3.05) is 25.5 Å². The molecule has 2 aromatic rings. The molecule has 0 radical (unpaired) electrons. The van der Waals surface area contributed by atoms with E-state index in [4.69, 9.17) is 4.42 Å². The van der Waals surface area contributed by atoms with Gasteiger partial charge < -0.3 is 14.6 Å². The zero-order valence-corrected chi connectivity index (χ0v) is 17.4. The normalized spacial score (nSPS) is 18.8. The van der Waals surface area contributed by atoms with Gasteiger partial charge in [-0.2, -0.15) is 0 Å². The van der Waals surface area contributed by atoms with E-state index in [0.29, 0.717) is 16.8 Å². The molecule has 2 aromatic heterocycles. The van der Waals surface area contributed by atoms with Crippen molar-refractivity contribution in [1.82, 2.24) is 14.9 Å². The number of hydrogen-bond donors (Lipinski definition) is 1. The van der Waals surface area contributed by atoms with Crippen LogP contribution in [0.15, 0.2) is 21.0 Å². The summed E-state index contributed by atoms with van der Waals surface area (Å²) in [6.07, 6.45) is 5.62. The molecule has 0 aliphatic carbocycles. The molecule has 1 aliphatic rings. The Hall–Kier alpha value is -1.38. The summed E-state index contributed by atoms with van der Waals surface area (Å²) < 4.78 is 6.85. The second kappa shape index (κ2) is 8.10. The molecule has 0 aromatic carbocycles. The van der Waals surface area contributed by atoms with Crippen LogP contribution in [0.5, 0.6) is 0 Å². The maximum absolute atomic E-state index is 12.4. The Balaban J connectivity index is 1.51. The summed E-state index contributed by atoms with van der Waals surface area (Å²) in [6, 6.07) is 0. The fourth-order valence-corrected chi connectivity index (χ4v) is 4.56. The molecule has 1 atom stereocenters. The van der Waals surface area contributed by atoms with Gasteiger partial charge in [-0.15, -0.1) is 11.8 Å². The third-order valence-electron chi connectivity index (χ3n) is 4.34. The van der Waals surface area contributed by atoms with Crippen LogP contribution in [0.2, 0.25) is 0 Å². The van der Waals surface area contributed by atoms with E-state index in [1.165, 1.54) is 11.3 Å². The minimum Gasteiger partial charge on any atom is -0.444 e. The average molecular weight is 395 g/mol. The van der Waals surface area contributed by atoms with Gasteiger partial charge in [0.25, 0.3) is 0 Å². The second-order valence-corrected chi connectivity index (χ2v) is 10.0. The summed E-state index contributed by atoms with van der Waals surface area (Å²) in [5.41, 5.74) is -0.0367. The van der Waals surface area contributed by atoms with Gasteiger partial charge in [-0.25, -0.2) is 9.97 Å². The summed E-state index contributed by atoms with van der Waals surface area (Å²) in [7, 11) is 2.06. The number of piperidine rings is 1. The van der Waals surface area contributed by atoms with Gasteiger partial charge in [0.2, 0.25) is 11.8 Å². The van der Waals surface area contributed by atoms with Gasteiger partial charge in [-0.3, -0.25) is 4.79 Å². The molecule has 0 bridgehead atoms. The fourth-order valence-electron chi connectivity index (χ4n) is 2.83. The number of likely N-dealkylation sites (tertiary alicyclic amines) is 1. The third-order valence-corrected chi connectivity index (χ3v) is 6.43. The van der Waals surface area contributed by atoms with E-state index in [9.17, 15) is 4.79 Å². The molecule has 0 spiro atoms. The summed E-state index contributed by atoms with van der Waals surface area (Å²) in [5, 5.41) is 3.62. The number of hydrogen-bond acceptors (Lipinski definition) is 7. The van der Waals surface area contributed by atoms with E-state index >= 15 is 0 Å². The van der Waals surface area contributed by atoms with Gasteiger partial charge in [-0.05, 0) is 26.4 Å². The van der Waals surface area contributed by atoms with Crippen molar-refractivity contribution in [3.05, 3.63) is 24.0 Å². The molecule has 1 fully saturated rings. The predicted molar refractivity (Wildman–Crippen MR) is 106 cm³/mol. The minimum absolute atomic E-state index is 0.0367. The lowest BCUT2D eigenvalue weighted by molar-refractivity contribution is -0.121. The maximum Gasteiger partial charge on any atom is 0.230 e. The standard InChI is InChI=1S/C18H26N4O2S2/c1-18(2,3)13-8-19-14(24-13)11-25-15-9-20-17(26-15)21-16(23)12-6-5-7-22(4)10-12/h8-9,12H,5-7,10-11H2,1-4H3,(H,20,21,23). The highest BCUT2D eigenvalue weighted by Gasteiger charge is 2.24. The van der Waals surface area contributed by atoms with Crippen molar-refractivity contribution >= 4 is 34.1 Å². The van der Waals surface area contributed by atoms with Crippen LogP contribution < -0.4 is 5.32 Å². The Labute approximate surface area is 162 Å². The van der Waals surface area contributed by atoms with Gasteiger partial charge in [0.05, 0.1) is 28.3 Å². The largest absolute Gasteiger partial charge is 0.444 e. The second-order valence-electron chi connectivity index (χ2n) is 7.73. The molecule has 3 rings (SSSR count). The molecule has 8 heteroatoms. The van der Waals surface area contributed by atoms with Crippen molar-refractivity contribution in [2.45, 2.75) is 49.0 Å². The predicted octanol–water partition coefficient (Wildman–Crippen LogP) is 4.00. The SMILES string of the molecule is CN1CCCC(C(=O)Nc2ncc(SCc3ncc(C(C)(C)C)o3)s2)C1. The molecular formula is C18H26N4O2S2. The summed E-state index contributed by atoms with van der Waals surface area (Å²) in [5.74, 6) is 2.38. The molecule has 142 valence electrons. The van der Waals surface area contributed by atoms with Crippen molar-refractivity contribution in [3.8, 4) is 0 Å². The van der Waals surface area contributed by atoms with E-state index in [-0.39, 0.29) is 17.2 Å². The Kier molecular flexibility index (Phi) is 6.04. The number of nitrogens with one attached hydrogen (secondary N) is 1. The van der Waals surface area contributed by atoms with Crippen LogP contribution in [0.3, 0.4) is 0 Å². The number of oxazole rings is 1. The summed E-state index contributed by atoms with van der Waals surface area (Å²) in [6.45, 7) is 8.20. The number of carbonyl (C=O) groups is 1. The van der Waals surface area contributed by atoms with Crippen molar-refractivity contribution < 1.29 is 9.21 Å². The lowest BCUT2D eigenvalue weighted by Crippen LogP contribution is -2.38. The van der Waals surface area contributed by atoms with Gasteiger partial charge in [-0.1, -0.05) is 32.1 Å². The first kappa shape index (κ1) is 19.4. The highest BCUT2D eigenvalue weighted by atomic mass is 32.2. The first-order chi connectivity index (χ1) is 12.3. The van der Waals surface area contributed by atoms with Gasteiger partial charge >= 0.3 is 0 Å². The first-order valence-corrected chi connectivity index (χ1v) is 10.6. The highest BCUT2D eigenvalue weighted by Crippen LogP contribution is 2.32. The number of anilines is 1. The summed E-state index contributed by atoms with van der Waals surface area (Å²) >= 11 is 3.12. The van der Waals surface area contributed by atoms with E-state index in [0.717, 1.165) is 35.9 Å². The third kappa shape index (κ3) is 5.08. The summed E-state index contributed by atoms with van der Waals surface area (Å²) in [4.78, 5) is 23.3. The molecule has 0 saturated carbocycles. The highest BCUT2D eigenvalue weighted by molar-refractivity contribution is 8.00. The number of amides is 1. The van der Waals surface area contributed by atoms with E-state index < -0.39 is 0 Å². The first-order valence-electron chi connectivity index (χ1n) is 8.84. The van der Waals surface area contributed by atoms with Gasteiger partial charge in [0.1, 0.15) is 5.76 Å². The Morgan fingerprint density at radius 1 is 1.42 bits per heavy atom. The molecule has 26 heavy (non-hydrogen) atoms. The molecule has 1 aliphatic heterocycles. The van der Waals surface area contributed by atoms with Crippen molar-refractivity contribution in [2.24, 2.45) is 5.92 Å². The Bertz CT molecular complexity index is 750. The van der Waals surface area contributed by atoms with Crippen LogP contribution in [0.25, 0.3) is 0 Å². The number of aromatic nitrogens is 2. The molecule has 1 unspecified atom stereocenters. The van der Waals surface area contributed by atoms with Crippen LogP contribution >= 0.6 is 23.1 Å². The lowest BCUT2D eigenvalue weighted by Gasteiger charge is -2.28. The molecule has 1 amide bonds. The monoisotopic (exact) mass is 394 g/mol. The number of rotatable bonds is 5. The molecule has 1 N–H and O–H groups in total. The van der Waals surface area contributed by atoms with Crippen LogP contribution in [0.4, 0.5) is 5.13 Å². The number of nitrogens with zero attached hydrogens (tertiary/aromatic N) is 3. The zero-order valence-electron chi connectivity index (χ0n) is 15.7. The number of thioether (sulfide) groups is 1. The Morgan fingerprint density at radius 3 is 2.92 bits per heavy atom. The van der Waals surface area contributed by atoms with Crippen molar-refractivity contribution in [1.29, 1.82) is 0 Å². The zero-order chi connectivity index (χ0) is 18.7. The van der Waals surface area contributed by atoms with Crippen LogP contribution in [-0.4, -0.2) is 40.9 Å². The Morgan fingerprint density at radius 2 is 2.23 bits per heavy atom. The van der Waals surface area contributed by atoms with Gasteiger partial charge in [0.15, 0.2) is 5.13 Å². The van der Waals surface area contributed by atoms with E-state index in [1.54, 1.807) is 24.2 Å². The molecule has 3 heterocycles. The number of thiazole rings is 1. The maximum atomic E-state index is 12.4. The minimum atomic E-state index is -0.0367.